The lowest BCUT2D eigenvalue weighted by Gasteiger charge is -2.34. The fourth-order valence-electron chi connectivity index (χ4n) is 3.40. The van der Waals surface area contributed by atoms with Crippen molar-refractivity contribution in [2.45, 2.75) is 42.5 Å². The molecule has 1 saturated heterocycles. The molecule has 1 aromatic carbocycles. The maximum atomic E-state index is 12.9. The Morgan fingerprint density at radius 2 is 1.79 bits per heavy atom. The second-order valence-corrected chi connectivity index (χ2v) is 9.98. The van der Waals surface area contributed by atoms with E-state index in [9.17, 15) is 18.0 Å². The van der Waals surface area contributed by atoms with Crippen LogP contribution in [0.3, 0.4) is 0 Å². The molecule has 1 atom stereocenters. The van der Waals surface area contributed by atoms with Gasteiger partial charge in [0.1, 0.15) is 4.21 Å². The van der Waals surface area contributed by atoms with E-state index in [0.29, 0.717) is 17.2 Å². The van der Waals surface area contributed by atoms with Crippen molar-refractivity contribution in [3.8, 4) is 0 Å². The summed E-state index contributed by atoms with van der Waals surface area (Å²) >= 11 is 1.21. The van der Waals surface area contributed by atoms with E-state index in [-0.39, 0.29) is 19.1 Å². The molecule has 1 aliphatic rings. The van der Waals surface area contributed by atoms with Crippen molar-refractivity contribution in [2.24, 2.45) is 0 Å². The molecule has 1 fully saturated rings. The highest BCUT2D eigenvalue weighted by molar-refractivity contribution is 7.91. The number of carbonyl (C=O) groups excluding carboxylic acids is 2. The van der Waals surface area contributed by atoms with Crippen LogP contribution in [-0.4, -0.2) is 43.7 Å². The fourth-order valence-corrected chi connectivity index (χ4v) is 6.24. The van der Waals surface area contributed by atoms with Gasteiger partial charge in [-0.2, -0.15) is 4.31 Å². The summed E-state index contributed by atoms with van der Waals surface area (Å²) in [4.78, 5) is 24.0. The molecule has 0 unspecified atom stereocenters. The zero-order chi connectivity index (χ0) is 20.7. The van der Waals surface area contributed by atoms with E-state index in [4.69, 9.17) is 0 Å². The summed E-state index contributed by atoms with van der Waals surface area (Å²) in [6.07, 6.45) is 3.00. The van der Waals surface area contributed by atoms with Gasteiger partial charge in [-0.05, 0) is 36.3 Å². The third-order valence-electron chi connectivity index (χ3n) is 4.90. The van der Waals surface area contributed by atoms with Crippen molar-refractivity contribution in [1.82, 2.24) is 14.9 Å². The van der Waals surface area contributed by atoms with E-state index in [0.717, 1.165) is 24.8 Å². The van der Waals surface area contributed by atoms with Crippen LogP contribution in [0, 0.1) is 0 Å². The van der Waals surface area contributed by atoms with Gasteiger partial charge in [0.15, 0.2) is 0 Å². The molecule has 2 N–H and O–H groups in total. The minimum Gasteiger partial charge on any atom is -0.348 e. The first-order chi connectivity index (χ1) is 14.0. The highest BCUT2D eigenvalue weighted by Gasteiger charge is 2.33. The summed E-state index contributed by atoms with van der Waals surface area (Å²) in [5, 5.41) is 6.94. The average Bonchev–Trinajstić information content (AvgIpc) is 3.29. The zero-order valence-electron chi connectivity index (χ0n) is 16.0. The van der Waals surface area contributed by atoms with Crippen LogP contribution in [0.2, 0.25) is 0 Å². The van der Waals surface area contributed by atoms with Crippen LogP contribution < -0.4 is 10.6 Å². The smallest absolute Gasteiger partial charge is 0.309 e. The molecule has 2 heterocycles. The molecule has 29 heavy (non-hydrogen) atoms. The van der Waals surface area contributed by atoms with Gasteiger partial charge in [-0.15, -0.1) is 11.3 Å². The normalized spacial score (nSPS) is 17.6. The van der Waals surface area contributed by atoms with E-state index < -0.39 is 21.8 Å². The maximum Gasteiger partial charge on any atom is 0.309 e. The van der Waals surface area contributed by atoms with E-state index in [2.05, 4.69) is 10.6 Å². The third kappa shape index (κ3) is 5.65. The molecule has 1 aromatic heterocycles. The molecule has 0 radical (unpaired) electrons. The van der Waals surface area contributed by atoms with Gasteiger partial charge in [-0.3, -0.25) is 9.59 Å². The van der Waals surface area contributed by atoms with Crippen molar-refractivity contribution in [2.75, 3.05) is 13.1 Å². The third-order valence-corrected chi connectivity index (χ3v) is 8.22. The van der Waals surface area contributed by atoms with Gasteiger partial charge in [0.2, 0.25) is 0 Å². The SMILES string of the molecule is O=C(NCC[C@@H]1CCCCN1S(=O)(=O)c1cccs1)C(=O)NCc1ccccc1. The van der Waals surface area contributed by atoms with Crippen LogP contribution in [0.1, 0.15) is 31.2 Å². The molecule has 7 nitrogen and oxygen atoms in total. The minimum absolute atomic E-state index is 0.177. The summed E-state index contributed by atoms with van der Waals surface area (Å²) in [5.41, 5.74) is 0.908. The summed E-state index contributed by atoms with van der Waals surface area (Å²) in [5.74, 6) is -1.40. The number of sulfonamides is 1. The molecule has 0 spiro atoms. The molecular weight excluding hydrogens is 410 g/mol. The predicted octanol–water partition coefficient (Wildman–Crippen LogP) is 2.11. The van der Waals surface area contributed by atoms with E-state index >= 15 is 0 Å². The predicted molar refractivity (Wildman–Crippen MR) is 112 cm³/mol. The lowest BCUT2D eigenvalue weighted by Crippen LogP contribution is -2.46. The molecule has 1 aliphatic heterocycles. The Labute approximate surface area is 175 Å². The first kappa shape index (κ1) is 21.5. The van der Waals surface area contributed by atoms with Gasteiger partial charge >= 0.3 is 11.8 Å². The number of piperidine rings is 1. The maximum absolute atomic E-state index is 12.9. The highest BCUT2D eigenvalue weighted by atomic mass is 32.2. The number of thiophene rings is 1. The van der Waals surface area contributed by atoms with Gasteiger partial charge in [0.05, 0.1) is 0 Å². The van der Waals surface area contributed by atoms with Crippen molar-refractivity contribution in [3.05, 3.63) is 53.4 Å². The van der Waals surface area contributed by atoms with E-state index in [1.54, 1.807) is 21.8 Å². The summed E-state index contributed by atoms with van der Waals surface area (Å²) in [6, 6.07) is 12.5. The lowest BCUT2D eigenvalue weighted by molar-refractivity contribution is -0.139. The van der Waals surface area contributed by atoms with Crippen LogP contribution in [0.15, 0.2) is 52.1 Å². The first-order valence-electron chi connectivity index (χ1n) is 9.64. The van der Waals surface area contributed by atoms with Gasteiger partial charge in [-0.25, -0.2) is 8.42 Å². The van der Waals surface area contributed by atoms with Crippen LogP contribution in [0.5, 0.6) is 0 Å². The van der Waals surface area contributed by atoms with Crippen molar-refractivity contribution < 1.29 is 18.0 Å². The standard InChI is InChI=1S/C20H25N3O4S2/c24-19(20(25)22-15-16-7-2-1-3-8-16)21-12-11-17-9-4-5-13-23(17)29(26,27)18-10-6-14-28-18/h1-3,6-8,10,14,17H,4-5,9,11-13,15H2,(H,21,24)(H,22,25)/t17-/m0/s1. The number of amides is 2. The molecule has 0 saturated carbocycles. The van der Waals surface area contributed by atoms with Gasteiger partial charge in [0.25, 0.3) is 10.0 Å². The van der Waals surface area contributed by atoms with Crippen LogP contribution in [0.4, 0.5) is 0 Å². The molecular formula is C20H25N3O4S2. The Kier molecular flexibility index (Phi) is 7.40. The Morgan fingerprint density at radius 3 is 2.52 bits per heavy atom. The number of benzene rings is 1. The Morgan fingerprint density at radius 1 is 1.03 bits per heavy atom. The topological polar surface area (TPSA) is 95.6 Å². The molecule has 3 rings (SSSR count). The average molecular weight is 436 g/mol. The van der Waals surface area contributed by atoms with Crippen LogP contribution in [0.25, 0.3) is 0 Å². The Hall–Kier alpha value is -2.23. The van der Waals surface area contributed by atoms with Crippen molar-refractivity contribution in [1.29, 1.82) is 0 Å². The van der Waals surface area contributed by atoms with Gasteiger partial charge in [-0.1, -0.05) is 42.8 Å². The van der Waals surface area contributed by atoms with Gasteiger partial charge < -0.3 is 10.6 Å². The summed E-state index contributed by atoms with van der Waals surface area (Å²) < 4.78 is 27.6. The second kappa shape index (κ2) is 10.00. The quantitative estimate of drug-likeness (QED) is 0.651. The summed E-state index contributed by atoms with van der Waals surface area (Å²) in [6.45, 7) is 1.01. The fraction of sp³-hybridized carbons (Fsp3) is 0.400. The van der Waals surface area contributed by atoms with Gasteiger partial charge in [0, 0.05) is 25.7 Å². The Bertz CT molecular complexity index is 914. The number of nitrogens with one attached hydrogen (secondary N) is 2. The lowest BCUT2D eigenvalue weighted by atomic mass is 10.0. The monoisotopic (exact) mass is 435 g/mol. The number of carbonyl (C=O) groups is 2. The minimum atomic E-state index is -3.51. The molecule has 9 heteroatoms. The Balaban J connectivity index is 1.49. The molecule has 0 bridgehead atoms. The highest BCUT2D eigenvalue weighted by Crippen LogP contribution is 2.28. The first-order valence-corrected chi connectivity index (χ1v) is 12.0. The molecule has 2 amide bonds. The number of hydrogen-bond donors (Lipinski definition) is 2. The zero-order valence-corrected chi connectivity index (χ0v) is 17.7. The number of rotatable bonds is 7. The molecule has 156 valence electrons. The molecule has 2 aromatic rings. The number of hydrogen-bond acceptors (Lipinski definition) is 5. The van der Waals surface area contributed by atoms with Crippen molar-refractivity contribution in [3.63, 3.8) is 0 Å². The van der Waals surface area contributed by atoms with Crippen LogP contribution in [-0.2, 0) is 26.2 Å². The summed E-state index contributed by atoms with van der Waals surface area (Å²) in [7, 11) is -3.51. The van der Waals surface area contributed by atoms with Crippen molar-refractivity contribution >= 4 is 33.2 Å². The number of nitrogens with zero attached hydrogens (tertiary/aromatic N) is 1. The molecule has 0 aliphatic carbocycles. The van der Waals surface area contributed by atoms with E-state index in [1.165, 1.54) is 11.3 Å². The second-order valence-electron chi connectivity index (χ2n) is 6.91. The largest absolute Gasteiger partial charge is 0.348 e. The van der Waals surface area contributed by atoms with E-state index in [1.807, 2.05) is 30.3 Å². The van der Waals surface area contributed by atoms with Crippen LogP contribution >= 0.6 is 11.3 Å².